The van der Waals surface area contributed by atoms with Crippen LogP contribution in [0.1, 0.15) is 32.6 Å². The molecule has 0 aromatic heterocycles. The molecule has 0 aliphatic heterocycles. The van der Waals surface area contributed by atoms with Crippen molar-refractivity contribution < 1.29 is 13.2 Å². The Hall–Kier alpha value is -0.290. The van der Waals surface area contributed by atoms with Crippen molar-refractivity contribution in [2.75, 3.05) is 33.2 Å². The van der Waals surface area contributed by atoms with Crippen molar-refractivity contribution in [2.45, 2.75) is 38.8 Å². The van der Waals surface area contributed by atoms with E-state index in [1.165, 1.54) is 4.90 Å². The van der Waals surface area contributed by atoms with Crippen molar-refractivity contribution in [2.24, 2.45) is 0 Å². The smallest absolute Gasteiger partial charge is 0.320 e. The first kappa shape index (κ1) is 15.7. The second-order valence-electron chi connectivity index (χ2n) is 4.06. The van der Waals surface area contributed by atoms with Crippen LogP contribution in [0.4, 0.5) is 13.2 Å². The minimum atomic E-state index is -4.07. The summed E-state index contributed by atoms with van der Waals surface area (Å²) in [6.07, 6.45) is -0.439. The molecule has 0 saturated carbocycles. The van der Waals surface area contributed by atoms with Gasteiger partial charge in [0.1, 0.15) is 0 Å². The summed E-state index contributed by atoms with van der Waals surface area (Å²) in [4.78, 5) is 1.50. The molecule has 0 aliphatic carbocycles. The maximum absolute atomic E-state index is 12.2. The molecular weight excluding hydrogens is 217 g/mol. The number of nitrogens with zero attached hydrogens (tertiary/aromatic N) is 1. The summed E-state index contributed by atoms with van der Waals surface area (Å²) in [5, 5.41) is 3.03. The first-order valence-electron chi connectivity index (χ1n) is 5.93. The molecule has 0 heterocycles. The predicted octanol–water partition coefficient (Wildman–Crippen LogP) is 2.65. The molecule has 1 N–H and O–H groups in total. The third-order valence-corrected chi connectivity index (χ3v) is 2.34. The Balaban J connectivity index is 3.68. The standard InChI is InChI=1S/C11H23F3N2/c1-3-8-16(10-11(12,13)14)9-6-4-5-7-15-2/h15H,3-10H2,1-2H3. The van der Waals surface area contributed by atoms with Crippen LogP contribution in [0.5, 0.6) is 0 Å². The summed E-state index contributed by atoms with van der Waals surface area (Å²) < 4.78 is 36.6. The van der Waals surface area contributed by atoms with Crippen LogP contribution in [-0.4, -0.2) is 44.3 Å². The van der Waals surface area contributed by atoms with Gasteiger partial charge in [0.25, 0.3) is 0 Å². The number of rotatable bonds is 9. The van der Waals surface area contributed by atoms with Gasteiger partial charge in [-0.05, 0) is 45.9 Å². The Morgan fingerprint density at radius 3 is 2.25 bits per heavy atom. The number of hydrogen-bond donors (Lipinski definition) is 1. The summed E-state index contributed by atoms with van der Waals surface area (Å²) in [6.45, 7) is 3.16. The number of unbranched alkanes of at least 4 members (excludes halogenated alkanes) is 2. The SMILES string of the molecule is CCCN(CCCCCNC)CC(F)(F)F. The van der Waals surface area contributed by atoms with Crippen LogP contribution in [0.15, 0.2) is 0 Å². The zero-order chi connectivity index (χ0) is 12.4. The van der Waals surface area contributed by atoms with E-state index in [1.807, 2.05) is 14.0 Å². The topological polar surface area (TPSA) is 15.3 Å². The summed E-state index contributed by atoms with van der Waals surface area (Å²) in [5.41, 5.74) is 0. The quantitative estimate of drug-likeness (QED) is 0.623. The molecule has 0 rings (SSSR count). The summed E-state index contributed by atoms with van der Waals surface area (Å²) in [6, 6.07) is 0. The average Bonchev–Trinajstić information content (AvgIpc) is 2.15. The van der Waals surface area contributed by atoms with E-state index in [-0.39, 0.29) is 0 Å². The number of halogens is 3. The van der Waals surface area contributed by atoms with E-state index in [1.54, 1.807) is 0 Å². The molecule has 98 valence electrons. The zero-order valence-electron chi connectivity index (χ0n) is 10.2. The van der Waals surface area contributed by atoms with Crippen LogP contribution in [-0.2, 0) is 0 Å². The predicted molar refractivity (Wildman–Crippen MR) is 60.6 cm³/mol. The Kier molecular flexibility index (Phi) is 8.66. The van der Waals surface area contributed by atoms with Gasteiger partial charge < -0.3 is 5.32 Å². The van der Waals surface area contributed by atoms with Crippen molar-refractivity contribution in [1.82, 2.24) is 10.2 Å². The van der Waals surface area contributed by atoms with Gasteiger partial charge in [0.05, 0.1) is 6.54 Å². The molecule has 0 spiro atoms. The van der Waals surface area contributed by atoms with Gasteiger partial charge in [-0.15, -0.1) is 0 Å². The molecule has 0 fully saturated rings. The Bertz CT molecular complexity index is 160. The minimum Gasteiger partial charge on any atom is -0.320 e. The normalized spacial score (nSPS) is 12.4. The Morgan fingerprint density at radius 1 is 1.06 bits per heavy atom. The molecule has 5 heteroatoms. The van der Waals surface area contributed by atoms with Gasteiger partial charge in [0.15, 0.2) is 0 Å². The van der Waals surface area contributed by atoms with Gasteiger partial charge in [0.2, 0.25) is 0 Å². The summed E-state index contributed by atoms with van der Waals surface area (Å²) >= 11 is 0. The monoisotopic (exact) mass is 240 g/mol. The summed E-state index contributed by atoms with van der Waals surface area (Å²) in [5.74, 6) is 0. The number of nitrogens with one attached hydrogen (secondary N) is 1. The molecule has 0 saturated heterocycles. The summed E-state index contributed by atoms with van der Waals surface area (Å²) in [7, 11) is 1.88. The molecule has 0 aromatic carbocycles. The van der Waals surface area contributed by atoms with Gasteiger partial charge in [0, 0.05) is 0 Å². The van der Waals surface area contributed by atoms with Crippen LogP contribution >= 0.6 is 0 Å². The zero-order valence-corrected chi connectivity index (χ0v) is 10.2. The van der Waals surface area contributed by atoms with Gasteiger partial charge in [-0.2, -0.15) is 13.2 Å². The lowest BCUT2D eigenvalue weighted by molar-refractivity contribution is -0.146. The molecular formula is C11H23F3N2. The maximum Gasteiger partial charge on any atom is 0.401 e. The molecule has 0 unspecified atom stereocenters. The highest BCUT2D eigenvalue weighted by molar-refractivity contribution is 4.63. The molecule has 16 heavy (non-hydrogen) atoms. The van der Waals surface area contributed by atoms with E-state index in [4.69, 9.17) is 0 Å². The second-order valence-corrected chi connectivity index (χ2v) is 4.06. The molecule has 2 nitrogen and oxygen atoms in total. The van der Waals surface area contributed by atoms with E-state index in [0.29, 0.717) is 13.1 Å². The van der Waals surface area contributed by atoms with E-state index < -0.39 is 12.7 Å². The van der Waals surface area contributed by atoms with Gasteiger partial charge >= 0.3 is 6.18 Å². The van der Waals surface area contributed by atoms with Crippen molar-refractivity contribution in [3.8, 4) is 0 Å². The van der Waals surface area contributed by atoms with Crippen molar-refractivity contribution in [3.05, 3.63) is 0 Å². The minimum absolute atomic E-state index is 0.533. The van der Waals surface area contributed by atoms with Crippen molar-refractivity contribution in [3.63, 3.8) is 0 Å². The second kappa shape index (κ2) is 8.82. The lowest BCUT2D eigenvalue weighted by Crippen LogP contribution is -2.35. The number of hydrogen-bond acceptors (Lipinski definition) is 2. The van der Waals surface area contributed by atoms with Crippen LogP contribution in [0.25, 0.3) is 0 Å². The van der Waals surface area contributed by atoms with Crippen LogP contribution in [0.3, 0.4) is 0 Å². The third-order valence-electron chi connectivity index (χ3n) is 2.34. The lowest BCUT2D eigenvalue weighted by atomic mass is 10.2. The fourth-order valence-corrected chi connectivity index (χ4v) is 1.65. The third kappa shape index (κ3) is 10.2. The first-order valence-corrected chi connectivity index (χ1v) is 5.93. The molecule has 0 aromatic rings. The van der Waals surface area contributed by atoms with E-state index in [9.17, 15) is 13.2 Å². The van der Waals surface area contributed by atoms with Crippen molar-refractivity contribution >= 4 is 0 Å². The maximum atomic E-state index is 12.2. The van der Waals surface area contributed by atoms with Gasteiger partial charge in [-0.1, -0.05) is 13.3 Å². The number of alkyl halides is 3. The van der Waals surface area contributed by atoms with Crippen LogP contribution in [0, 0.1) is 0 Å². The first-order chi connectivity index (χ1) is 7.49. The fourth-order valence-electron chi connectivity index (χ4n) is 1.65. The molecule has 0 bridgehead atoms. The largest absolute Gasteiger partial charge is 0.401 e. The highest BCUT2D eigenvalue weighted by Gasteiger charge is 2.29. The average molecular weight is 240 g/mol. The molecule has 0 atom stereocenters. The highest BCUT2D eigenvalue weighted by Crippen LogP contribution is 2.17. The Morgan fingerprint density at radius 2 is 1.75 bits per heavy atom. The van der Waals surface area contributed by atoms with Gasteiger partial charge in [-0.25, -0.2) is 0 Å². The molecule has 0 amide bonds. The van der Waals surface area contributed by atoms with E-state index >= 15 is 0 Å². The van der Waals surface area contributed by atoms with Crippen molar-refractivity contribution in [1.29, 1.82) is 0 Å². The van der Waals surface area contributed by atoms with Crippen LogP contribution < -0.4 is 5.32 Å². The van der Waals surface area contributed by atoms with E-state index in [0.717, 1.165) is 32.2 Å². The highest BCUT2D eigenvalue weighted by atomic mass is 19.4. The lowest BCUT2D eigenvalue weighted by Gasteiger charge is -2.22. The Labute approximate surface area is 96.2 Å². The fraction of sp³-hybridized carbons (Fsp3) is 1.00. The molecule has 0 aliphatic rings. The van der Waals surface area contributed by atoms with Crippen LogP contribution in [0.2, 0.25) is 0 Å². The van der Waals surface area contributed by atoms with E-state index in [2.05, 4.69) is 5.32 Å². The molecule has 0 radical (unpaired) electrons. The van der Waals surface area contributed by atoms with Gasteiger partial charge in [-0.3, -0.25) is 4.90 Å².